The molecule has 4 heterocycles. The summed E-state index contributed by atoms with van der Waals surface area (Å²) in [6, 6.07) is 20.6. The Kier molecular flexibility index (Phi) is 13.3. The minimum atomic E-state index is -0.987. The second-order valence-corrected chi connectivity index (χ2v) is 17.1. The predicted octanol–water partition coefficient (Wildman–Crippen LogP) is 4.49. The summed E-state index contributed by atoms with van der Waals surface area (Å²) in [6.07, 6.45) is 5.26. The number of carbonyl (C=O) groups is 5. The zero-order chi connectivity index (χ0) is 43.4. The molecule has 7 rings (SSSR count). The Bertz CT molecular complexity index is 2370. The van der Waals surface area contributed by atoms with Gasteiger partial charge >= 0.3 is 0 Å². The van der Waals surface area contributed by atoms with Crippen molar-refractivity contribution in [3.63, 3.8) is 0 Å². The summed E-state index contributed by atoms with van der Waals surface area (Å²) in [7, 11) is 7.62. The number of likely N-dealkylation sites (N-methyl/N-ethyl adjacent to an activating group) is 1. The van der Waals surface area contributed by atoms with E-state index in [0.29, 0.717) is 34.5 Å². The zero-order valence-electron chi connectivity index (χ0n) is 34.9. The molecule has 61 heavy (non-hydrogen) atoms. The van der Waals surface area contributed by atoms with Crippen molar-refractivity contribution in [1.29, 1.82) is 0 Å². The molecule has 15 nitrogen and oxygen atoms in total. The number of likely N-dealkylation sites (tertiary alicyclic amines) is 1. The lowest BCUT2D eigenvalue weighted by atomic mass is 9.87. The number of halogens is 1. The molecule has 2 saturated heterocycles. The van der Waals surface area contributed by atoms with E-state index in [0.717, 1.165) is 55.9 Å². The second kappa shape index (κ2) is 18.8. The average molecular weight is 895 g/mol. The Balaban J connectivity index is 0.822. The number of aryl methyl sites for hydroxylation is 2. The van der Waals surface area contributed by atoms with Gasteiger partial charge in [-0.3, -0.25) is 39.0 Å². The summed E-state index contributed by atoms with van der Waals surface area (Å²) < 4.78 is 1.78. The first-order valence-electron chi connectivity index (χ1n) is 20.7. The lowest BCUT2D eigenvalue weighted by molar-refractivity contribution is -0.136. The van der Waals surface area contributed by atoms with Gasteiger partial charge < -0.3 is 25.3 Å². The molecule has 0 aliphatic carbocycles. The Labute approximate surface area is 363 Å². The predicted molar refractivity (Wildman–Crippen MR) is 237 cm³/mol. The van der Waals surface area contributed by atoms with Gasteiger partial charge in [-0.25, -0.2) is 4.68 Å². The molecular formula is C45H52BrN9O6. The summed E-state index contributed by atoms with van der Waals surface area (Å²) >= 11 is 3.42. The van der Waals surface area contributed by atoms with E-state index >= 15 is 0 Å². The molecule has 3 aliphatic heterocycles. The van der Waals surface area contributed by atoms with Crippen LogP contribution in [0.3, 0.4) is 0 Å². The van der Waals surface area contributed by atoms with Crippen LogP contribution in [0.2, 0.25) is 0 Å². The van der Waals surface area contributed by atoms with E-state index in [1.807, 2.05) is 19.2 Å². The zero-order valence-corrected chi connectivity index (χ0v) is 36.5. The molecule has 3 aromatic carbocycles. The van der Waals surface area contributed by atoms with E-state index < -0.39 is 29.7 Å². The number of carbonyl (C=O) groups excluding carboxylic acids is 5. The average Bonchev–Trinajstić information content (AvgIpc) is 3.49. The molecule has 3 N–H and O–H groups in total. The van der Waals surface area contributed by atoms with Crippen LogP contribution >= 0.6 is 15.9 Å². The van der Waals surface area contributed by atoms with Gasteiger partial charge in [0, 0.05) is 83.3 Å². The molecule has 0 saturated carbocycles. The van der Waals surface area contributed by atoms with Crippen molar-refractivity contribution >= 4 is 62.5 Å². The topological polar surface area (TPSA) is 169 Å². The third kappa shape index (κ3) is 9.86. The Morgan fingerprint density at radius 2 is 1.64 bits per heavy atom. The molecule has 0 bridgehead atoms. The quantitative estimate of drug-likeness (QED) is 0.114. The number of benzene rings is 3. The van der Waals surface area contributed by atoms with Gasteiger partial charge in [0.05, 0.1) is 23.0 Å². The van der Waals surface area contributed by atoms with E-state index in [1.54, 1.807) is 36.3 Å². The molecule has 3 atom stereocenters. The van der Waals surface area contributed by atoms with Crippen molar-refractivity contribution in [3.05, 3.63) is 116 Å². The molecular weight excluding hydrogens is 842 g/mol. The van der Waals surface area contributed by atoms with Gasteiger partial charge in [-0.1, -0.05) is 24.3 Å². The van der Waals surface area contributed by atoms with Gasteiger partial charge in [0.15, 0.2) is 0 Å². The monoisotopic (exact) mass is 893 g/mol. The van der Waals surface area contributed by atoms with Gasteiger partial charge in [0.1, 0.15) is 10.5 Å². The SMILES string of the molecule is CN1C[C@H](Nc2cnn(C)c(=O)c2Br)C[C@H](c2ccc(C(=O)N(C)CCCN(C)c3ccc(CCCNc4ccc5c(c4)C(=O)N(C4CCC(=O)NC4=O)C5=O)cc3)cc2)C1. The number of nitrogens with one attached hydrogen (secondary N) is 3. The highest BCUT2D eigenvalue weighted by atomic mass is 79.9. The summed E-state index contributed by atoms with van der Waals surface area (Å²) in [5.74, 6) is -1.81. The molecule has 0 radical (unpaired) electrons. The molecule has 1 unspecified atom stereocenters. The van der Waals surface area contributed by atoms with Crippen LogP contribution in [0.25, 0.3) is 0 Å². The first kappa shape index (κ1) is 43.2. The van der Waals surface area contributed by atoms with Crippen molar-refractivity contribution in [3.8, 4) is 0 Å². The number of aromatic nitrogens is 2. The van der Waals surface area contributed by atoms with Crippen LogP contribution in [0, 0.1) is 0 Å². The minimum Gasteiger partial charge on any atom is -0.385 e. The van der Waals surface area contributed by atoms with Crippen LogP contribution < -0.4 is 26.4 Å². The molecule has 5 amide bonds. The largest absolute Gasteiger partial charge is 0.385 e. The lowest BCUT2D eigenvalue weighted by Gasteiger charge is -2.37. The molecule has 4 aromatic rings. The number of piperidine rings is 2. The van der Waals surface area contributed by atoms with Crippen molar-refractivity contribution < 1.29 is 24.0 Å². The van der Waals surface area contributed by atoms with Crippen molar-refractivity contribution in [1.82, 2.24) is 29.8 Å². The van der Waals surface area contributed by atoms with E-state index in [1.165, 1.54) is 15.8 Å². The van der Waals surface area contributed by atoms with Crippen molar-refractivity contribution in [2.45, 2.75) is 56.5 Å². The van der Waals surface area contributed by atoms with Crippen LogP contribution in [0.1, 0.15) is 80.2 Å². The Morgan fingerprint density at radius 3 is 2.38 bits per heavy atom. The molecule has 2 fully saturated rings. The van der Waals surface area contributed by atoms with Gasteiger partial charge in [0.2, 0.25) is 11.8 Å². The maximum atomic E-state index is 13.4. The van der Waals surface area contributed by atoms with Crippen LogP contribution in [-0.2, 0) is 23.1 Å². The number of imide groups is 2. The standard InChI is InChI=1S/C45H52BrN9O6/c1-51-26-31(23-33(27-51)49-37-25-48-54(4)45(61)40(37)46)29-10-12-30(13-11-29)42(58)53(3)22-6-21-52(2)34-15-8-28(9-16-34)7-5-20-47-32-14-17-35-36(24-32)44(60)55(43(35)59)38-18-19-39(56)50-41(38)57/h8-17,24-25,31,33,38,47,49H,5-7,18-23,26-27H2,1-4H3,(H,50,56,57)/t31-,33+,38?/m0/s1. The van der Waals surface area contributed by atoms with Crippen LogP contribution in [0.5, 0.6) is 0 Å². The van der Waals surface area contributed by atoms with Crippen LogP contribution in [0.15, 0.2) is 82.2 Å². The Morgan fingerprint density at radius 1 is 0.902 bits per heavy atom. The third-order valence-corrected chi connectivity index (χ3v) is 12.6. The third-order valence-electron chi connectivity index (χ3n) is 11.8. The summed E-state index contributed by atoms with van der Waals surface area (Å²) in [5.41, 5.74) is 5.86. The van der Waals surface area contributed by atoms with Crippen LogP contribution in [-0.4, -0.2) is 120 Å². The number of amides is 5. The molecule has 16 heteroatoms. The molecule has 0 spiro atoms. The molecule has 3 aliphatic rings. The van der Waals surface area contributed by atoms with Gasteiger partial charge in [-0.05, 0) is 115 Å². The highest BCUT2D eigenvalue weighted by molar-refractivity contribution is 9.10. The highest BCUT2D eigenvalue weighted by Crippen LogP contribution is 2.31. The fraction of sp³-hybridized carbons (Fsp3) is 0.400. The van der Waals surface area contributed by atoms with E-state index in [-0.39, 0.29) is 47.4 Å². The van der Waals surface area contributed by atoms with Crippen molar-refractivity contribution in [2.75, 3.05) is 69.4 Å². The summed E-state index contributed by atoms with van der Waals surface area (Å²) in [5, 5.41) is 13.2. The maximum Gasteiger partial charge on any atom is 0.282 e. The van der Waals surface area contributed by atoms with E-state index in [4.69, 9.17) is 0 Å². The first-order valence-corrected chi connectivity index (χ1v) is 21.5. The lowest BCUT2D eigenvalue weighted by Crippen LogP contribution is -2.54. The smallest absolute Gasteiger partial charge is 0.282 e. The molecule has 320 valence electrons. The number of nitrogens with zero attached hydrogens (tertiary/aromatic N) is 6. The summed E-state index contributed by atoms with van der Waals surface area (Å²) in [6.45, 7) is 3.81. The fourth-order valence-electron chi connectivity index (χ4n) is 8.41. The number of fused-ring (bicyclic) bond motifs is 1. The fourth-order valence-corrected chi connectivity index (χ4v) is 8.89. The number of anilines is 3. The second-order valence-electron chi connectivity index (χ2n) is 16.3. The van der Waals surface area contributed by atoms with Gasteiger partial charge in [-0.15, -0.1) is 0 Å². The van der Waals surface area contributed by atoms with Crippen LogP contribution in [0.4, 0.5) is 17.1 Å². The summed E-state index contributed by atoms with van der Waals surface area (Å²) in [4.78, 5) is 83.0. The highest BCUT2D eigenvalue weighted by Gasteiger charge is 2.44. The van der Waals surface area contributed by atoms with Crippen molar-refractivity contribution in [2.24, 2.45) is 7.05 Å². The Hall–Kier alpha value is -5.87. The number of hydrogen-bond acceptors (Lipinski definition) is 11. The van der Waals surface area contributed by atoms with Gasteiger partial charge in [0.25, 0.3) is 23.3 Å². The van der Waals surface area contributed by atoms with E-state index in [9.17, 15) is 28.8 Å². The molecule has 1 aromatic heterocycles. The maximum absolute atomic E-state index is 13.4. The van der Waals surface area contributed by atoms with E-state index in [2.05, 4.69) is 97.3 Å². The first-order chi connectivity index (χ1) is 29.3. The van der Waals surface area contributed by atoms with Gasteiger partial charge in [-0.2, -0.15) is 5.10 Å². The number of rotatable bonds is 15. The minimum absolute atomic E-state index is 0.00690. The number of hydrogen-bond donors (Lipinski definition) is 3. The normalized spacial score (nSPS) is 19.1.